The van der Waals surface area contributed by atoms with Crippen LogP contribution in [0.15, 0.2) is 16.6 Å². The van der Waals surface area contributed by atoms with E-state index < -0.39 is 17.2 Å². The van der Waals surface area contributed by atoms with Crippen molar-refractivity contribution < 1.29 is 13.9 Å². The van der Waals surface area contributed by atoms with Gasteiger partial charge in [0.25, 0.3) is 0 Å². The van der Waals surface area contributed by atoms with E-state index in [-0.39, 0.29) is 5.56 Å². The Bertz CT molecular complexity index is 506. The van der Waals surface area contributed by atoms with Crippen molar-refractivity contribution in [3.8, 4) is 6.07 Å². The van der Waals surface area contributed by atoms with Gasteiger partial charge in [-0.2, -0.15) is 5.26 Å². The molecule has 90 valence electrons. The molecule has 0 aliphatic rings. The molecular weight excluding hydrogens is 289 g/mol. The molecule has 0 heterocycles. The van der Waals surface area contributed by atoms with Crippen LogP contribution >= 0.6 is 15.9 Å². The summed E-state index contributed by atoms with van der Waals surface area (Å²) in [7, 11) is 1.21. The zero-order valence-corrected chi connectivity index (χ0v) is 11.3. The second kappa shape index (κ2) is 4.84. The maximum absolute atomic E-state index is 13.3. The summed E-state index contributed by atoms with van der Waals surface area (Å²) < 4.78 is 18.2. The first-order chi connectivity index (χ1) is 7.83. The maximum Gasteiger partial charge on any atom is 0.338 e. The largest absolute Gasteiger partial charge is 0.465 e. The van der Waals surface area contributed by atoms with E-state index in [9.17, 15) is 9.18 Å². The molecule has 0 aliphatic heterocycles. The lowest BCUT2D eigenvalue weighted by molar-refractivity contribution is 0.0597. The van der Waals surface area contributed by atoms with Crippen molar-refractivity contribution in [3.63, 3.8) is 0 Å². The Balaban J connectivity index is 3.59. The Kier molecular flexibility index (Phi) is 3.89. The van der Waals surface area contributed by atoms with Gasteiger partial charge in [0.15, 0.2) is 0 Å². The fourth-order valence-corrected chi connectivity index (χ4v) is 2.46. The Labute approximate surface area is 107 Å². The molecule has 3 nitrogen and oxygen atoms in total. The van der Waals surface area contributed by atoms with Gasteiger partial charge in [-0.05, 0) is 26.0 Å². The number of nitriles is 1. The predicted octanol–water partition coefficient (Wildman–Crippen LogP) is 3.18. The van der Waals surface area contributed by atoms with Crippen molar-refractivity contribution in [2.75, 3.05) is 7.11 Å². The van der Waals surface area contributed by atoms with Gasteiger partial charge in [-0.25, -0.2) is 9.18 Å². The quantitative estimate of drug-likeness (QED) is 0.788. The third-order valence-corrected chi connectivity index (χ3v) is 2.99. The molecule has 0 aromatic heterocycles. The molecule has 0 unspecified atom stereocenters. The maximum atomic E-state index is 13.3. The number of rotatable bonds is 2. The van der Waals surface area contributed by atoms with Crippen LogP contribution in [0.1, 0.15) is 29.8 Å². The molecule has 0 fully saturated rings. The van der Waals surface area contributed by atoms with Crippen molar-refractivity contribution in [2.24, 2.45) is 0 Å². The molecule has 0 saturated heterocycles. The molecular formula is C12H11BrFNO2. The molecule has 0 aliphatic carbocycles. The van der Waals surface area contributed by atoms with Gasteiger partial charge < -0.3 is 4.74 Å². The Morgan fingerprint density at radius 2 is 2.12 bits per heavy atom. The SMILES string of the molecule is COC(=O)c1cc(F)cc(Br)c1C(C)(C)C#N. The summed E-state index contributed by atoms with van der Waals surface area (Å²) in [6, 6.07) is 4.37. The van der Waals surface area contributed by atoms with Crippen LogP contribution in [0.2, 0.25) is 0 Å². The highest BCUT2D eigenvalue weighted by Crippen LogP contribution is 2.33. The number of halogens is 2. The first kappa shape index (κ1) is 13.7. The molecule has 0 amide bonds. The lowest BCUT2D eigenvalue weighted by Gasteiger charge is -2.20. The summed E-state index contributed by atoms with van der Waals surface area (Å²) in [4.78, 5) is 11.6. The van der Waals surface area contributed by atoms with Crippen molar-refractivity contribution in [3.05, 3.63) is 33.5 Å². The smallest absolute Gasteiger partial charge is 0.338 e. The molecule has 0 spiro atoms. The molecule has 0 atom stereocenters. The standard InChI is InChI=1S/C12H11BrFNO2/c1-12(2,6-15)10-8(11(16)17-3)4-7(14)5-9(10)13/h4-5H,1-3H3. The van der Waals surface area contributed by atoms with Gasteiger partial charge in [0.1, 0.15) is 5.82 Å². The second-order valence-corrected chi connectivity index (χ2v) is 4.89. The lowest BCUT2D eigenvalue weighted by Crippen LogP contribution is -2.20. The zero-order chi connectivity index (χ0) is 13.2. The summed E-state index contributed by atoms with van der Waals surface area (Å²) in [6.45, 7) is 3.30. The molecule has 0 saturated carbocycles. The van der Waals surface area contributed by atoms with Gasteiger partial charge >= 0.3 is 5.97 Å². The molecule has 5 heteroatoms. The van der Waals surface area contributed by atoms with Gasteiger partial charge in [-0.1, -0.05) is 15.9 Å². The van der Waals surface area contributed by atoms with E-state index in [1.165, 1.54) is 13.2 Å². The number of hydrogen-bond acceptors (Lipinski definition) is 3. The average molecular weight is 300 g/mol. The van der Waals surface area contributed by atoms with Gasteiger partial charge in [0, 0.05) is 10.0 Å². The fourth-order valence-electron chi connectivity index (χ4n) is 1.54. The Morgan fingerprint density at radius 1 is 1.53 bits per heavy atom. The second-order valence-electron chi connectivity index (χ2n) is 4.04. The van der Waals surface area contributed by atoms with Crippen molar-refractivity contribution in [1.29, 1.82) is 5.26 Å². The number of benzene rings is 1. The predicted molar refractivity (Wildman–Crippen MR) is 64.1 cm³/mol. The van der Waals surface area contributed by atoms with E-state index in [1.54, 1.807) is 13.8 Å². The van der Waals surface area contributed by atoms with Crippen LogP contribution in [-0.4, -0.2) is 13.1 Å². The molecule has 0 radical (unpaired) electrons. The number of esters is 1. The molecule has 0 N–H and O–H groups in total. The van der Waals surface area contributed by atoms with E-state index in [0.29, 0.717) is 10.0 Å². The van der Waals surface area contributed by atoms with E-state index in [0.717, 1.165) is 6.07 Å². The van der Waals surface area contributed by atoms with Crippen LogP contribution in [-0.2, 0) is 10.2 Å². The van der Waals surface area contributed by atoms with Crippen LogP contribution in [0.4, 0.5) is 4.39 Å². The summed E-state index contributed by atoms with van der Waals surface area (Å²) in [6.07, 6.45) is 0. The highest BCUT2D eigenvalue weighted by molar-refractivity contribution is 9.10. The normalized spacial score (nSPS) is 10.8. The summed E-state index contributed by atoms with van der Waals surface area (Å²) >= 11 is 3.17. The highest BCUT2D eigenvalue weighted by Gasteiger charge is 2.29. The van der Waals surface area contributed by atoms with Crippen LogP contribution in [0.5, 0.6) is 0 Å². The third-order valence-electron chi connectivity index (χ3n) is 2.36. The Morgan fingerprint density at radius 3 is 2.59 bits per heavy atom. The molecule has 1 aromatic carbocycles. The molecule has 1 aromatic rings. The van der Waals surface area contributed by atoms with E-state index in [2.05, 4.69) is 26.7 Å². The number of hydrogen-bond donors (Lipinski definition) is 0. The highest BCUT2D eigenvalue weighted by atomic mass is 79.9. The monoisotopic (exact) mass is 299 g/mol. The topological polar surface area (TPSA) is 50.1 Å². The van der Waals surface area contributed by atoms with E-state index in [1.807, 2.05) is 0 Å². The van der Waals surface area contributed by atoms with Crippen LogP contribution in [0, 0.1) is 17.1 Å². The van der Waals surface area contributed by atoms with Crippen LogP contribution in [0.3, 0.4) is 0 Å². The number of methoxy groups -OCH3 is 1. The number of nitrogens with zero attached hydrogens (tertiary/aromatic N) is 1. The van der Waals surface area contributed by atoms with Crippen molar-refractivity contribution >= 4 is 21.9 Å². The third kappa shape index (κ3) is 2.64. The lowest BCUT2D eigenvalue weighted by atomic mass is 9.83. The minimum absolute atomic E-state index is 0.0610. The minimum Gasteiger partial charge on any atom is -0.465 e. The first-order valence-corrected chi connectivity index (χ1v) is 5.62. The van der Waals surface area contributed by atoms with Gasteiger partial charge in [0.05, 0.1) is 24.2 Å². The van der Waals surface area contributed by atoms with E-state index in [4.69, 9.17) is 5.26 Å². The van der Waals surface area contributed by atoms with Gasteiger partial charge in [-0.15, -0.1) is 0 Å². The minimum atomic E-state index is -0.921. The Hall–Kier alpha value is -1.41. The number of ether oxygens (including phenoxy) is 1. The average Bonchev–Trinajstić information content (AvgIpc) is 2.26. The fraction of sp³-hybridized carbons (Fsp3) is 0.333. The van der Waals surface area contributed by atoms with Gasteiger partial charge in [0.2, 0.25) is 0 Å². The van der Waals surface area contributed by atoms with Gasteiger partial charge in [-0.3, -0.25) is 0 Å². The summed E-state index contributed by atoms with van der Waals surface area (Å²) in [5, 5.41) is 9.10. The first-order valence-electron chi connectivity index (χ1n) is 4.82. The molecule has 0 bridgehead atoms. The summed E-state index contributed by atoms with van der Waals surface area (Å²) in [5.41, 5.74) is -0.435. The van der Waals surface area contributed by atoms with E-state index >= 15 is 0 Å². The van der Waals surface area contributed by atoms with Crippen LogP contribution < -0.4 is 0 Å². The molecule has 1 rings (SSSR count). The van der Waals surface area contributed by atoms with Crippen molar-refractivity contribution in [1.82, 2.24) is 0 Å². The van der Waals surface area contributed by atoms with Crippen molar-refractivity contribution in [2.45, 2.75) is 19.3 Å². The zero-order valence-electron chi connectivity index (χ0n) is 9.67. The number of carbonyl (C=O) groups is 1. The molecule has 17 heavy (non-hydrogen) atoms. The number of carbonyl (C=O) groups excluding carboxylic acids is 1. The van der Waals surface area contributed by atoms with Crippen LogP contribution in [0.25, 0.3) is 0 Å². The summed E-state index contributed by atoms with van der Waals surface area (Å²) in [5.74, 6) is -1.22.